The highest BCUT2D eigenvalue weighted by Crippen LogP contribution is 2.58. The van der Waals surface area contributed by atoms with Crippen LogP contribution in [-0.2, 0) is 5.41 Å². The van der Waals surface area contributed by atoms with Gasteiger partial charge in [0.1, 0.15) is 0 Å². The highest BCUT2D eigenvalue weighted by atomic mass is 15.1. The van der Waals surface area contributed by atoms with Crippen molar-refractivity contribution in [2.45, 2.75) is 5.41 Å². The standard InChI is InChI=1S/C71H49N/c1-4-19-50(20-5-1)56-23-16-24-57(49-56)64-30-13-15-36-69(64)72(60-45-41-52(42-46-60)51-37-39-54(40-38-51)63-32-17-22-53-21-10-11-29-62(53)63)61-47-43-55(44-48-61)65-33-18-35-68-70(65)66-31-12-14-34-67(66)71(68,58-25-6-2-7-26-58)59-27-8-3-9-28-59/h1-49H. The van der Waals surface area contributed by atoms with Crippen LogP contribution in [0, 0.1) is 0 Å². The Kier molecular flexibility index (Phi) is 10.8. The third-order valence-electron chi connectivity index (χ3n) is 14.8. The molecule has 1 nitrogen and oxygen atoms in total. The van der Waals surface area contributed by atoms with E-state index in [1.165, 1.54) is 88.7 Å². The van der Waals surface area contributed by atoms with Gasteiger partial charge in [-0.2, -0.15) is 0 Å². The van der Waals surface area contributed by atoms with Gasteiger partial charge in [-0.05, 0) is 131 Å². The average molecular weight is 916 g/mol. The molecule has 1 aliphatic rings. The molecule has 0 aliphatic heterocycles. The van der Waals surface area contributed by atoms with Gasteiger partial charge in [0, 0.05) is 16.9 Å². The molecule has 0 bridgehead atoms. The molecule has 0 saturated carbocycles. The number of hydrogen-bond acceptors (Lipinski definition) is 1. The van der Waals surface area contributed by atoms with Crippen LogP contribution in [0.15, 0.2) is 297 Å². The lowest BCUT2D eigenvalue weighted by molar-refractivity contribution is 0.768. The van der Waals surface area contributed by atoms with Crippen LogP contribution >= 0.6 is 0 Å². The Bertz CT molecular complexity index is 3830. The smallest absolute Gasteiger partial charge is 0.0713 e. The second-order valence-electron chi connectivity index (χ2n) is 18.8. The van der Waals surface area contributed by atoms with Gasteiger partial charge in [0.05, 0.1) is 11.1 Å². The topological polar surface area (TPSA) is 3.24 Å². The molecule has 12 aromatic rings. The minimum Gasteiger partial charge on any atom is -0.310 e. The number of nitrogens with zero attached hydrogens (tertiary/aromatic N) is 1. The Morgan fingerprint density at radius 3 is 1.39 bits per heavy atom. The third kappa shape index (κ3) is 7.34. The summed E-state index contributed by atoms with van der Waals surface area (Å²) in [7, 11) is 0. The Balaban J connectivity index is 0.920. The lowest BCUT2D eigenvalue weighted by atomic mass is 9.67. The van der Waals surface area contributed by atoms with Gasteiger partial charge in [-0.25, -0.2) is 0 Å². The molecule has 0 spiro atoms. The molecule has 0 radical (unpaired) electrons. The summed E-state index contributed by atoms with van der Waals surface area (Å²) >= 11 is 0. The first-order chi connectivity index (χ1) is 35.7. The fraction of sp³-hybridized carbons (Fsp3) is 0.0141. The molecular formula is C71H49N. The molecule has 0 saturated heterocycles. The van der Waals surface area contributed by atoms with E-state index in [-0.39, 0.29) is 0 Å². The van der Waals surface area contributed by atoms with Crippen LogP contribution in [-0.4, -0.2) is 0 Å². The van der Waals surface area contributed by atoms with Gasteiger partial charge in [0.15, 0.2) is 0 Å². The van der Waals surface area contributed by atoms with E-state index in [0.717, 1.165) is 28.2 Å². The second kappa shape index (κ2) is 18.2. The fourth-order valence-electron chi connectivity index (χ4n) is 11.5. The van der Waals surface area contributed by atoms with Crippen molar-refractivity contribution in [2.75, 3.05) is 4.90 Å². The van der Waals surface area contributed by atoms with Gasteiger partial charge in [0.25, 0.3) is 0 Å². The van der Waals surface area contributed by atoms with Gasteiger partial charge in [-0.3, -0.25) is 0 Å². The molecular weight excluding hydrogens is 867 g/mol. The van der Waals surface area contributed by atoms with Crippen LogP contribution in [0.25, 0.3) is 77.5 Å². The van der Waals surface area contributed by atoms with Crippen LogP contribution in [0.2, 0.25) is 0 Å². The normalized spacial score (nSPS) is 12.3. The zero-order valence-electron chi connectivity index (χ0n) is 39.7. The average Bonchev–Trinajstić information content (AvgIpc) is 3.78. The van der Waals surface area contributed by atoms with Crippen LogP contribution in [0.4, 0.5) is 17.1 Å². The number of fused-ring (bicyclic) bond motifs is 4. The zero-order valence-corrected chi connectivity index (χ0v) is 39.7. The van der Waals surface area contributed by atoms with Crippen molar-refractivity contribution in [1.29, 1.82) is 0 Å². The van der Waals surface area contributed by atoms with E-state index in [1.54, 1.807) is 0 Å². The summed E-state index contributed by atoms with van der Waals surface area (Å²) in [5.74, 6) is 0. The van der Waals surface area contributed by atoms with Crippen molar-refractivity contribution in [1.82, 2.24) is 0 Å². The number of anilines is 3. The molecule has 12 aromatic carbocycles. The van der Waals surface area contributed by atoms with E-state index < -0.39 is 5.41 Å². The van der Waals surface area contributed by atoms with Gasteiger partial charge in [-0.15, -0.1) is 0 Å². The van der Waals surface area contributed by atoms with E-state index in [1.807, 2.05) is 0 Å². The van der Waals surface area contributed by atoms with Crippen LogP contribution in [0.1, 0.15) is 22.3 Å². The fourth-order valence-corrected chi connectivity index (χ4v) is 11.5. The minimum atomic E-state index is -0.465. The highest BCUT2D eigenvalue weighted by molar-refractivity contribution is 5.98. The van der Waals surface area contributed by atoms with E-state index in [2.05, 4.69) is 302 Å². The van der Waals surface area contributed by atoms with Crippen molar-refractivity contribution in [2.24, 2.45) is 0 Å². The van der Waals surface area contributed by atoms with Crippen molar-refractivity contribution in [3.8, 4) is 66.8 Å². The Hall–Kier alpha value is -9.30. The molecule has 0 unspecified atom stereocenters. The second-order valence-corrected chi connectivity index (χ2v) is 18.8. The van der Waals surface area contributed by atoms with Gasteiger partial charge >= 0.3 is 0 Å². The molecule has 1 aliphatic carbocycles. The molecule has 0 aromatic heterocycles. The lowest BCUT2D eigenvalue weighted by Crippen LogP contribution is -2.28. The molecule has 0 amide bonds. The van der Waals surface area contributed by atoms with E-state index in [4.69, 9.17) is 0 Å². The summed E-state index contributed by atoms with van der Waals surface area (Å²) in [6.45, 7) is 0. The molecule has 0 atom stereocenters. The summed E-state index contributed by atoms with van der Waals surface area (Å²) in [6, 6.07) is 109. The van der Waals surface area contributed by atoms with Crippen molar-refractivity contribution in [3.63, 3.8) is 0 Å². The lowest BCUT2D eigenvalue weighted by Gasteiger charge is -2.34. The number of benzene rings is 12. The SMILES string of the molecule is c1ccc(-c2cccc(-c3ccccc3N(c3ccc(-c4ccc(-c5cccc6ccccc56)cc4)cc3)c3ccc(-c4cccc5c4-c4ccccc4C5(c4ccccc4)c4ccccc4)cc3)c2)cc1. The molecule has 72 heavy (non-hydrogen) atoms. The largest absolute Gasteiger partial charge is 0.310 e. The van der Waals surface area contributed by atoms with Gasteiger partial charge in [-0.1, -0.05) is 261 Å². The maximum atomic E-state index is 2.42. The van der Waals surface area contributed by atoms with Gasteiger partial charge in [0.2, 0.25) is 0 Å². The maximum absolute atomic E-state index is 2.42. The zero-order chi connectivity index (χ0) is 47.8. The predicted molar refractivity (Wildman–Crippen MR) is 303 cm³/mol. The first-order valence-electron chi connectivity index (χ1n) is 24.9. The highest BCUT2D eigenvalue weighted by Gasteiger charge is 2.46. The first kappa shape index (κ1) is 42.8. The number of rotatable bonds is 10. The van der Waals surface area contributed by atoms with Crippen molar-refractivity contribution >= 4 is 27.8 Å². The Labute approximate surface area is 422 Å². The first-order valence-corrected chi connectivity index (χ1v) is 24.9. The predicted octanol–water partition coefficient (Wildman–Crippen LogP) is 19.0. The molecule has 0 heterocycles. The molecule has 0 N–H and O–H groups in total. The van der Waals surface area contributed by atoms with Crippen LogP contribution < -0.4 is 4.90 Å². The quantitative estimate of drug-likeness (QED) is 0.132. The summed E-state index contributed by atoms with van der Waals surface area (Å²) < 4.78 is 0. The van der Waals surface area contributed by atoms with Crippen molar-refractivity contribution < 1.29 is 0 Å². The summed E-state index contributed by atoms with van der Waals surface area (Å²) in [6.07, 6.45) is 0. The van der Waals surface area contributed by atoms with E-state index in [9.17, 15) is 0 Å². The summed E-state index contributed by atoms with van der Waals surface area (Å²) in [5.41, 5.74) is 22.4. The van der Waals surface area contributed by atoms with E-state index in [0.29, 0.717) is 0 Å². The molecule has 0 fully saturated rings. The van der Waals surface area contributed by atoms with E-state index >= 15 is 0 Å². The summed E-state index contributed by atoms with van der Waals surface area (Å²) in [5, 5.41) is 2.52. The van der Waals surface area contributed by atoms with Crippen LogP contribution in [0.5, 0.6) is 0 Å². The molecule has 338 valence electrons. The molecule has 13 rings (SSSR count). The third-order valence-corrected chi connectivity index (χ3v) is 14.8. The van der Waals surface area contributed by atoms with Crippen LogP contribution in [0.3, 0.4) is 0 Å². The number of para-hydroxylation sites is 1. The summed E-state index contributed by atoms with van der Waals surface area (Å²) in [4.78, 5) is 2.42. The van der Waals surface area contributed by atoms with Gasteiger partial charge < -0.3 is 4.90 Å². The van der Waals surface area contributed by atoms with Crippen molar-refractivity contribution in [3.05, 3.63) is 320 Å². The maximum Gasteiger partial charge on any atom is 0.0713 e. The Morgan fingerprint density at radius 1 is 0.250 bits per heavy atom. The minimum absolute atomic E-state index is 0.465. The monoisotopic (exact) mass is 915 g/mol. The Morgan fingerprint density at radius 2 is 0.681 bits per heavy atom. The number of hydrogen-bond donors (Lipinski definition) is 0. The molecule has 1 heteroatoms.